The first-order chi connectivity index (χ1) is 12.2. The maximum Gasteiger partial charge on any atom is 0.241 e. The SMILES string of the molecule is NS(=O)(=O)c1cc(F)c(-c2c(-c3cccc(Cl)c3)noc2CO)cc1F. The Labute approximate surface area is 151 Å². The monoisotopic (exact) mass is 400 g/mol. The first-order valence-electron chi connectivity index (χ1n) is 7.10. The molecule has 0 unspecified atom stereocenters. The van der Waals surface area contributed by atoms with Crippen LogP contribution in [0.1, 0.15) is 5.76 Å². The average molecular weight is 401 g/mol. The van der Waals surface area contributed by atoms with E-state index in [0.29, 0.717) is 22.7 Å². The van der Waals surface area contributed by atoms with Gasteiger partial charge in [0.25, 0.3) is 0 Å². The van der Waals surface area contributed by atoms with Gasteiger partial charge in [-0.25, -0.2) is 22.3 Å². The molecule has 0 aliphatic rings. The van der Waals surface area contributed by atoms with Crippen LogP contribution in [0.5, 0.6) is 0 Å². The number of aliphatic hydroxyl groups is 1. The summed E-state index contributed by atoms with van der Waals surface area (Å²) in [5.41, 5.74) is 0.187. The Balaban J connectivity index is 2.28. The molecule has 0 amide bonds. The molecule has 2 aromatic carbocycles. The molecule has 0 aliphatic carbocycles. The van der Waals surface area contributed by atoms with Gasteiger partial charge in [0.1, 0.15) is 28.8 Å². The molecule has 26 heavy (non-hydrogen) atoms. The highest BCUT2D eigenvalue weighted by molar-refractivity contribution is 7.89. The average Bonchev–Trinajstić information content (AvgIpc) is 2.99. The molecule has 0 aliphatic heterocycles. The van der Waals surface area contributed by atoms with E-state index in [2.05, 4.69) is 5.16 Å². The standard InChI is InChI=1S/C16H11ClF2N2O4S/c17-9-3-1-2-8(4-9)16-15(13(7-22)25-21-16)10-5-12(19)14(6-11(10)18)26(20,23)24/h1-6,22H,7H2,(H2,20,23,24). The summed E-state index contributed by atoms with van der Waals surface area (Å²) in [4.78, 5) is -0.981. The van der Waals surface area contributed by atoms with E-state index in [4.69, 9.17) is 21.3 Å². The van der Waals surface area contributed by atoms with Gasteiger partial charge in [-0.1, -0.05) is 28.9 Å². The van der Waals surface area contributed by atoms with E-state index in [1.165, 1.54) is 6.07 Å². The van der Waals surface area contributed by atoms with E-state index < -0.39 is 33.2 Å². The fourth-order valence-electron chi connectivity index (χ4n) is 2.48. The van der Waals surface area contributed by atoms with Gasteiger partial charge in [0, 0.05) is 16.1 Å². The third-order valence-electron chi connectivity index (χ3n) is 3.60. The first-order valence-corrected chi connectivity index (χ1v) is 9.02. The van der Waals surface area contributed by atoms with E-state index >= 15 is 0 Å². The summed E-state index contributed by atoms with van der Waals surface area (Å²) in [6.07, 6.45) is 0. The number of nitrogens with two attached hydrogens (primary N) is 1. The van der Waals surface area contributed by atoms with Gasteiger partial charge in [-0.2, -0.15) is 0 Å². The number of sulfonamides is 1. The summed E-state index contributed by atoms with van der Waals surface area (Å²) in [5.74, 6) is -2.44. The molecule has 136 valence electrons. The molecule has 0 saturated heterocycles. The molecule has 0 spiro atoms. The fraction of sp³-hybridized carbons (Fsp3) is 0.0625. The van der Waals surface area contributed by atoms with Gasteiger partial charge < -0.3 is 9.63 Å². The number of benzene rings is 2. The van der Waals surface area contributed by atoms with Gasteiger partial charge in [0.05, 0.1) is 5.56 Å². The molecule has 0 saturated carbocycles. The summed E-state index contributed by atoms with van der Waals surface area (Å²) >= 11 is 5.94. The zero-order valence-electron chi connectivity index (χ0n) is 12.9. The van der Waals surface area contributed by atoms with Crippen LogP contribution in [0.15, 0.2) is 45.8 Å². The number of primary sulfonamides is 1. The van der Waals surface area contributed by atoms with Crippen LogP contribution in [-0.4, -0.2) is 18.7 Å². The molecule has 3 N–H and O–H groups in total. The van der Waals surface area contributed by atoms with Crippen LogP contribution in [-0.2, 0) is 16.6 Å². The van der Waals surface area contributed by atoms with Crippen LogP contribution in [0, 0.1) is 11.6 Å². The minimum absolute atomic E-state index is 0.0212. The number of nitrogens with zero attached hydrogens (tertiary/aromatic N) is 1. The maximum absolute atomic E-state index is 14.6. The van der Waals surface area contributed by atoms with Gasteiger partial charge in [-0.15, -0.1) is 0 Å². The summed E-state index contributed by atoms with van der Waals surface area (Å²) in [6.45, 7) is -0.638. The van der Waals surface area contributed by atoms with Crippen molar-refractivity contribution in [3.63, 3.8) is 0 Å². The second-order valence-corrected chi connectivity index (χ2v) is 7.27. The van der Waals surface area contributed by atoms with E-state index in [1.54, 1.807) is 18.2 Å². The van der Waals surface area contributed by atoms with Gasteiger partial charge in [-0.3, -0.25) is 0 Å². The molecule has 0 radical (unpaired) electrons. The van der Waals surface area contributed by atoms with Crippen molar-refractivity contribution in [2.24, 2.45) is 5.14 Å². The number of halogens is 3. The lowest BCUT2D eigenvalue weighted by molar-refractivity contribution is 0.230. The lowest BCUT2D eigenvalue weighted by atomic mass is 9.98. The zero-order valence-corrected chi connectivity index (χ0v) is 14.5. The Morgan fingerprint density at radius 2 is 1.92 bits per heavy atom. The van der Waals surface area contributed by atoms with Crippen molar-refractivity contribution in [1.29, 1.82) is 0 Å². The topological polar surface area (TPSA) is 106 Å². The van der Waals surface area contributed by atoms with Crippen LogP contribution < -0.4 is 5.14 Å². The van der Waals surface area contributed by atoms with E-state index in [0.717, 1.165) is 0 Å². The molecular weight excluding hydrogens is 390 g/mol. The second kappa shape index (κ2) is 6.76. The van der Waals surface area contributed by atoms with Crippen molar-refractivity contribution in [2.45, 2.75) is 11.5 Å². The first kappa shape index (κ1) is 18.5. The number of hydrogen-bond donors (Lipinski definition) is 2. The van der Waals surface area contributed by atoms with Crippen molar-refractivity contribution >= 4 is 21.6 Å². The third kappa shape index (κ3) is 3.34. The van der Waals surface area contributed by atoms with Gasteiger partial charge in [-0.05, 0) is 24.3 Å². The van der Waals surface area contributed by atoms with E-state index in [-0.39, 0.29) is 22.6 Å². The molecule has 0 fully saturated rings. The van der Waals surface area contributed by atoms with Crippen LogP contribution in [0.2, 0.25) is 5.02 Å². The van der Waals surface area contributed by atoms with Crippen LogP contribution in [0.3, 0.4) is 0 Å². The highest BCUT2D eigenvalue weighted by atomic mass is 35.5. The lowest BCUT2D eigenvalue weighted by Crippen LogP contribution is -2.14. The molecule has 6 nitrogen and oxygen atoms in total. The lowest BCUT2D eigenvalue weighted by Gasteiger charge is -2.08. The Hall–Kier alpha value is -2.33. The predicted octanol–water partition coefficient (Wildman–Crippen LogP) is 3.08. The highest BCUT2D eigenvalue weighted by Crippen LogP contribution is 2.38. The molecule has 10 heteroatoms. The Morgan fingerprint density at radius 1 is 1.19 bits per heavy atom. The number of aromatic nitrogens is 1. The summed E-state index contributed by atoms with van der Waals surface area (Å²) in [7, 11) is -4.45. The zero-order chi connectivity index (χ0) is 19.1. The Morgan fingerprint density at radius 3 is 2.54 bits per heavy atom. The van der Waals surface area contributed by atoms with Crippen molar-refractivity contribution < 1.29 is 26.8 Å². The molecule has 1 aromatic heterocycles. The van der Waals surface area contributed by atoms with E-state index in [1.807, 2.05) is 0 Å². The van der Waals surface area contributed by atoms with Crippen molar-refractivity contribution in [3.05, 3.63) is 58.8 Å². The molecule has 3 rings (SSSR count). The second-order valence-electron chi connectivity index (χ2n) is 5.31. The fourth-order valence-corrected chi connectivity index (χ4v) is 3.27. The third-order valence-corrected chi connectivity index (χ3v) is 4.76. The number of aliphatic hydroxyl groups excluding tert-OH is 1. The van der Waals surface area contributed by atoms with Crippen LogP contribution >= 0.6 is 11.6 Å². The van der Waals surface area contributed by atoms with Crippen LogP contribution in [0.25, 0.3) is 22.4 Å². The molecule has 1 heterocycles. The summed E-state index contributed by atoms with van der Waals surface area (Å²) in [6, 6.07) is 7.50. The Bertz CT molecular complexity index is 1100. The molecular formula is C16H11ClF2N2O4S. The predicted molar refractivity (Wildman–Crippen MR) is 89.6 cm³/mol. The molecule has 0 atom stereocenters. The molecule has 3 aromatic rings. The number of hydrogen-bond acceptors (Lipinski definition) is 5. The van der Waals surface area contributed by atoms with Gasteiger partial charge in [0.2, 0.25) is 10.0 Å². The quantitative estimate of drug-likeness (QED) is 0.700. The van der Waals surface area contributed by atoms with Crippen molar-refractivity contribution in [2.75, 3.05) is 0 Å². The van der Waals surface area contributed by atoms with Crippen molar-refractivity contribution in [3.8, 4) is 22.4 Å². The Kier molecular flexibility index (Phi) is 4.80. The van der Waals surface area contributed by atoms with Gasteiger partial charge >= 0.3 is 0 Å². The normalized spacial score (nSPS) is 11.7. The minimum Gasteiger partial charge on any atom is -0.388 e. The molecule has 0 bridgehead atoms. The van der Waals surface area contributed by atoms with E-state index in [9.17, 15) is 22.3 Å². The highest BCUT2D eigenvalue weighted by Gasteiger charge is 2.25. The largest absolute Gasteiger partial charge is 0.388 e. The maximum atomic E-state index is 14.6. The summed E-state index contributed by atoms with van der Waals surface area (Å²) in [5, 5.41) is 18.5. The minimum atomic E-state index is -4.45. The smallest absolute Gasteiger partial charge is 0.241 e. The van der Waals surface area contributed by atoms with Crippen LogP contribution in [0.4, 0.5) is 8.78 Å². The summed E-state index contributed by atoms with van der Waals surface area (Å²) < 4.78 is 56.4. The van der Waals surface area contributed by atoms with Crippen molar-refractivity contribution in [1.82, 2.24) is 5.16 Å². The number of rotatable bonds is 4. The van der Waals surface area contributed by atoms with Gasteiger partial charge in [0.15, 0.2) is 5.76 Å².